The van der Waals surface area contributed by atoms with E-state index in [1.165, 1.54) is 37.5 Å². The van der Waals surface area contributed by atoms with Gasteiger partial charge in [-0.05, 0) is 61.0 Å². The topological polar surface area (TPSA) is 116 Å². The molecule has 0 saturated heterocycles. The number of urea groups is 1. The summed E-state index contributed by atoms with van der Waals surface area (Å²) in [5.74, 6) is -0.161. The Bertz CT molecular complexity index is 1420. The molecule has 2 heterocycles. The number of H-pyrrole nitrogens is 1. The van der Waals surface area contributed by atoms with Crippen LogP contribution in [-0.2, 0) is 6.18 Å². The standard InChI is InChI=1S/C25H19F3N4O4/c1-14-2-3-17(11-20(14)25(26,27)28)32-24(35)31-16-4-6-18(7-5-16)36-19-8-9-29-22(12-19)21-10-15(13-30-21)23(33)34/h2-13,30H,1H3,(H,33,34)(H2,31,32,35). The van der Waals surface area contributed by atoms with Crippen molar-refractivity contribution in [3.63, 3.8) is 0 Å². The Morgan fingerprint density at radius 3 is 2.31 bits per heavy atom. The number of pyridine rings is 1. The van der Waals surface area contributed by atoms with Crippen LogP contribution in [0.1, 0.15) is 21.5 Å². The van der Waals surface area contributed by atoms with Gasteiger partial charge in [0, 0.05) is 29.8 Å². The van der Waals surface area contributed by atoms with Gasteiger partial charge in [0.05, 0.1) is 22.5 Å². The van der Waals surface area contributed by atoms with Gasteiger partial charge in [-0.3, -0.25) is 4.98 Å². The highest BCUT2D eigenvalue weighted by Gasteiger charge is 2.32. The van der Waals surface area contributed by atoms with E-state index in [-0.39, 0.29) is 16.8 Å². The van der Waals surface area contributed by atoms with Gasteiger partial charge in [-0.15, -0.1) is 0 Å². The van der Waals surface area contributed by atoms with Crippen molar-refractivity contribution in [2.45, 2.75) is 13.1 Å². The van der Waals surface area contributed by atoms with Gasteiger partial charge >= 0.3 is 18.2 Å². The van der Waals surface area contributed by atoms with Crippen LogP contribution in [0.3, 0.4) is 0 Å². The zero-order valence-electron chi connectivity index (χ0n) is 18.7. The molecular formula is C25H19F3N4O4. The minimum Gasteiger partial charge on any atom is -0.478 e. The third-order valence-electron chi connectivity index (χ3n) is 5.09. The van der Waals surface area contributed by atoms with E-state index in [0.717, 1.165) is 6.07 Å². The summed E-state index contributed by atoms with van der Waals surface area (Å²) < 4.78 is 45.0. The highest BCUT2D eigenvalue weighted by atomic mass is 19.4. The highest BCUT2D eigenvalue weighted by Crippen LogP contribution is 2.33. The molecule has 4 N–H and O–H groups in total. The molecule has 2 amide bonds. The van der Waals surface area contributed by atoms with Crippen LogP contribution in [0.15, 0.2) is 73.1 Å². The number of benzene rings is 2. The summed E-state index contributed by atoms with van der Waals surface area (Å²) >= 11 is 0. The van der Waals surface area contributed by atoms with Gasteiger partial charge in [0.15, 0.2) is 0 Å². The molecule has 4 aromatic rings. The second kappa shape index (κ2) is 9.82. The smallest absolute Gasteiger partial charge is 0.416 e. The van der Waals surface area contributed by atoms with Crippen molar-refractivity contribution in [3.05, 3.63) is 89.7 Å². The fourth-order valence-electron chi connectivity index (χ4n) is 3.33. The number of aromatic nitrogens is 2. The summed E-state index contributed by atoms with van der Waals surface area (Å²) in [6.07, 6.45) is -1.64. The Morgan fingerprint density at radius 2 is 1.64 bits per heavy atom. The molecule has 0 aliphatic rings. The maximum atomic E-state index is 13.1. The number of rotatable bonds is 6. The predicted molar refractivity (Wildman–Crippen MR) is 126 cm³/mol. The molecule has 2 aromatic carbocycles. The second-order valence-corrected chi connectivity index (χ2v) is 7.72. The van der Waals surface area contributed by atoms with Gasteiger partial charge in [0.1, 0.15) is 11.5 Å². The normalized spacial score (nSPS) is 11.1. The molecule has 8 nitrogen and oxygen atoms in total. The van der Waals surface area contributed by atoms with Crippen molar-refractivity contribution in [1.82, 2.24) is 9.97 Å². The molecule has 0 bridgehead atoms. The number of hydrogen-bond acceptors (Lipinski definition) is 4. The monoisotopic (exact) mass is 496 g/mol. The molecule has 4 rings (SSSR count). The summed E-state index contributed by atoms with van der Waals surface area (Å²) in [5, 5.41) is 14.0. The molecule has 184 valence electrons. The van der Waals surface area contributed by atoms with Crippen LogP contribution >= 0.6 is 0 Å². The Labute approximate surface area is 202 Å². The number of carbonyl (C=O) groups excluding carboxylic acids is 1. The third-order valence-corrected chi connectivity index (χ3v) is 5.09. The predicted octanol–water partition coefficient (Wildman–Crippen LogP) is 6.54. The third kappa shape index (κ3) is 5.81. The number of carboxylic acids is 1. The number of aromatic carboxylic acids is 1. The van der Waals surface area contributed by atoms with Crippen molar-refractivity contribution in [1.29, 1.82) is 0 Å². The van der Waals surface area contributed by atoms with E-state index < -0.39 is 23.7 Å². The first-order valence-corrected chi connectivity index (χ1v) is 10.5. The Kier molecular flexibility index (Phi) is 6.64. The minimum absolute atomic E-state index is 0.0106. The number of hydrogen-bond donors (Lipinski definition) is 4. The first-order valence-electron chi connectivity index (χ1n) is 10.5. The molecular weight excluding hydrogens is 477 g/mol. The number of ether oxygens (including phenoxy) is 1. The quantitative estimate of drug-likeness (QED) is 0.242. The minimum atomic E-state index is -4.52. The Morgan fingerprint density at radius 1 is 0.944 bits per heavy atom. The summed E-state index contributed by atoms with van der Waals surface area (Å²) in [4.78, 5) is 30.4. The zero-order chi connectivity index (χ0) is 25.9. The molecule has 0 saturated carbocycles. The van der Waals surface area contributed by atoms with E-state index in [2.05, 4.69) is 20.6 Å². The molecule has 11 heteroatoms. The van der Waals surface area contributed by atoms with Gasteiger partial charge < -0.3 is 25.5 Å². The number of alkyl halides is 3. The molecule has 0 radical (unpaired) electrons. The summed E-state index contributed by atoms with van der Waals surface area (Å²) in [5.41, 5.74) is 0.748. The number of halogens is 3. The number of carbonyl (C=O) groups is 2. The largest absolute Gasteiger partial charge is 0.478 e. The SMILES string of the molecule is Cc1ccc(NC(=O)Nc2ccc(Oc3ccnc(-c4cc(C(=O)O)c[nH]4)c3)cc2)cc1C(F)(F)F. The first-order chi connectivity index (χ1) is 17.1. The lowest BCUT2D eigenvalue weighted by Gasteiger charge is -2.13. The lowest BCUT2D eigenvalue weighted by Crippen LogP contribution is -2.20. The van der Waals surface area contributed by atoms with Gasteiger partial charge in [0.2, 0.25) is 0 Å². The zero-order valence-corrected chi connectivity index (χ0v) is 18.7. The number of aryl methyl sites for hydroxylation is 1. The fourth-order valence-corrected chi connectivity index (χ4v) is 3.33. The van der Waals surface area contributed by atoms with Gasteiger partial charge in [-0.2, -0.15) is 13.2 Å². The molecule has 0 fully saturated rings. The van der Waals surface area contributed by atoms with Crippen LogP contribution in [0.5, 0.6) is 11.5 Å². The molecule has 0 spiro atoms. The molecule has 0 atom stereocenters. The number of amides is 2. The number of anilines is 2. The number of carboxylic acid groups (broad SMARTS) is 1. The van der Waals surface area contributed by atoms with Gasteiger partial charge in [-0.25, -0.2) is 9.59 Å². The molecule has 0 aliphatic heterocycles. The van der Waals surface area contributed by atoms with Crippen LogP contribution < -0.4 is 15.4 Å². The van der Waals surface area contributed by atoms with E-state index in [1.54, 1.807) is 36.4 Å². The maximum Gasteiger partial charge on any atom is 0.416 e. The maximum absolute atomic E-state index is 13.1. The first kappa shape index (κ1) is 24.3. The Balaban J connectivity index is 1.39. The van der Waals surface area contributed by atoms with Crippen LogP contribution in [0.4, 0.5) is 29.3 Å². The van der Waals surface area contributed by atoms with E-state index in [4.69, 9.17) is 9.84 Å². The second-order valence-electron chi connectivity index (χ2n) is 7.72. The van der Waals surface area contributed by atoms with Gasteiger partial charge in [-0.1, -0.05) is 6.07 Å². The molecule has 0 unspecified atom stereocenters. The van der Waals surface area contributed by atoms with Crippen molar-refractivity contribution < 1.29 is 32.6 Å². The average molecular weight is 496 g/mol. The van der Waals surface area contributed by atoms with E-state index in [0.29, 0.717) is 28.6 Å². The van der Waals surface area contributed by atoms with Crippen LogP contribution in [-0.4, -0.2) is 27.1 Å². The van der Waals surface area contributed by atoms with Crippen LogP contribution in [0, 0.1) is 6.92 Å². The number of nitrogens with one attached hydrogen (secondary N) is 3. The van der Waals surface area contributed by atoms with Crippen LogP contribution in [0.2, 0.25) is 0 Å². The molecule has 2 aromatic heterocycles. The van der Waals surface area contributed by atoms with E-state index in [9.17, 15) is 22.8 Å². The molecule has 36 heavy (non-hydrogen) atoms. The van der Waals surface area contributed by atoms with Crippen LogP contribution in [0.25, 0.3) is 11.4 Å². The Hall–Kier alpha value is -4.80. The summed E-state index contributed by atoms with van der Waals surface area (Å²) in [7, 11) is 0. The van der Waals surface area contributed by atoms with Crippen molar-refractivity contribution >= 4 is 23.4 Å². The van der Waals surface area contributed by atoms with Crippen molar-refractivity contribution in [2.24, 2.45) is 0 Å². The lowest BCUT2D eigenvalue weighted by molar-refractivity contribution is -0.138. The summed E-state index contributed by atoms with van der Waals surface area (Å²) in [6, 6.07) is 13.9. The van der Waals surface area contributed by atoms with Gasteiger partial charge in [0.25, 0.3) is 0 Å². The number of aromatic amines is 1. The summed E-state index contributed by atoms with van der Waals surface area (Å²) in [6.45, 7) is 1.35. The fraction of sp³-hybridized carbons (Fsp3) is 0.0800. The highest BCUT2D eigenvalue weighted by molar-refractivity contribution is 5.99. The lowest BCUT2D eigenvalue weighted by atomic mass is 10.1. The average Bonchev–Trinajstić information content (AvgIpc) is 3.32. The van der Waals surface area contributed by atoms with Crippen molar-refractivity contribution in [3.8, 4) is 22.9 Å². The van der Waals surface area contributed by atoms with E-state index in [1.807, 2.05) is 0 Å². The molecule has 0 aliphatic carbocycles. The van der Waals surface area contributed by atoms with E-state index >= 15 is 0 Å². The number of nitrogens with zero attached hydrogens (tertiary/aromatic N) is 1. The van der Waals surface area contributed by atoms with Crippen molar-refractivity contribution in [2.75, 3.05) is 10.6 Å².